The number of nitrogens with one attached hydrogen (secondary N) is 1. The maximum absolute atomic E-state index is 5.82. The topological polar surface area (TPSA) is 85.7 Å². The normalized spacial score (nSPS) is 10.8. The minimum atomic E-state index is 0.111. The first-order valence-corrected chi connectivity index (χ1v) is 6.71. The van der Waals surface area contributed by atoms with Crippen LogP contribution in [0.3, 0.4) is 0 Å². The Morgan fingerprint density at radius 1 is 1.48 bits per heavy atom. The van der Waals surface area contributed by atoms with Crippen LogP contribution in [0.15, 0.2) is 33.9 Å². The molecule has 0 aliphatic rings. The molecule has 3 N–H and O–H groups in total. The van der Waals surface area contributed by atoms with Gasteiger partial charge in [0.2, 0.25) is 0 Å². The van der Waals surface area contributed by atoms with Crippen LogP contribution >= 0.6 is 12.2 Å². The van der Waals surface area contributed by atoms with E-state index in [0.29, 0.717) is 12.4 Å². The van der Waals surface area contributed by atoms with E-state index < -0.39 is 0 Å². The van der Waals surface area contributed by atoms with Gasteiger partial charge in [-0.15, -0.1) is 0 Å². The number of ether oxygens (including phenoxy) is 1. The average Bonchev–Trinajstić information content (AvgIpc) is 2.77. The summed E-state index contributed by atoms with van der Waals surface area (Å²) in [6, 6.07) is 7.53. The molecular formula is C14H16N4O2S. The molecule has 6 nitrogen and oxygen atoms in total. The Morgan fingerprint density at radius 3 is 2.90 bits per heavy atom. The summed E-state index contributed by atoms with van der Waals surface area (Å²) in [7, 11) is 0. The lowest BCUT2D eigenvalue weighted by atomic mass is 10.2. The van der Waals surface area contributed by atoms with Crippen LogP contribution in [-0.4, -0.2) is 16.5 Å². The fourth-order valence-electron chi connectivity index (χ4n) is 1.74. The smallest absolute Gasteiger partial charge is 0.184 e. The number of nitrogens with zero attached hydrogens (tertiary/aromatic N) is 2. The number of hydrazone groups is 1. The largest absolute Gasteiger partial charge is 0.488 e. The molecule has 0 bridgehead atoms. The van der Waals surface area contributed by atoms with Gasteiger partial charge in [0.15, 0.2) is 5.11 Å². The van der Waals surface area contributed by atoms with Gasteiger partial charge < -0.3 is 15.0 Å². The molecule has 2 rings (SSSR count). The van der Waals surface area contributed by atoms with Gasteiger partial charge >= 0.3 is 0 Å². The lowest BCUT2D eigenvalue weighted by molar-refractivity contribution is 0.301. The highest BCUT2D eigenvalue weighted by Crippen LogP contribution is 2.20. The van der Waals surface area contributed by atoms with E-state index in [0.717, 1.165) is 22.6 Å². The van der Waals surface area contributed by atoms with E-state index in [2.05, 4.69) is 27.9 Å². The van der Waals surface area contributed by atoms with E-state index in [1.54, 1.807) is 6.21 Å². The molecule has 21 heavy (non-hydrogen) atoms. The Labute approximate surface area is 128 Å². The minimum absolute atomic E-state index is 0.111. The molecule has 0 fully saturated rings. The Bertz CT molecular complexity index is 647. The number of nitrogens with two attached hydrogens (primary N) is 1. The first-order chi connectivity index (χ1) is 10.1. The quantitative estimate of drug-likeness (QED) is 0.499. The fraction of sp³-hybridized carbons (Fsp3) is 0.214. The minimum Gasteiger partial charge on any atom is -0.488 e. The Hall–Kier alpha value is -2.41. The summed E-state index contributed by atoms with van der Waals surface area (Å²) >= 11 is 4.68. The van der Waals surface area contributed by atoms with E-state index in [-0.39, 0.29) is 5.11 Å². The molecule has 0 amide bonds. The van der Waals surface area contributed by atoms with E-state index in [9.17, 15) is 0 Å². The number of hydrogen-bond donors (Lipinski definition) is 2. The second kappa shape index (κ2) is 6.85. The van der Waals surface area contributed by atoms with Crippen molar-refractivity contribution in [2.24, 2.45) is 10.8 Å². The third-order valence-corrected chi connectivity index (χ3v) is 2.94. The molecule has 1 aromatic carbocycles. The zero-order valence-electron chi connectivity index (χ0n) is 11.8. The summed E-state index contributed by atoms with van der Waals surface area (Å²) in [5.41, 5.74) is 10.4. The summed E-state index contributed by atoms with van der Waals surface area (Å²) in [5, 5.41) is 7.94. The Balaban J connectivity index is 2.10. The van der Waals surface area contributed by atoms with Gasteiger partial charge in [0.05, 0.1) is 17.5 Å². The van der Waals surface area contributed by atoms with Crippen LogP contribution in [0.25, 0.3) is 0 Å². The highest BCUT2D eigenvalue weighted by atomic mass is 32.1. The van der Waals surface area contributed by atoms with Crippen LogP contribution in [0.1, 0.15) is 22.6 Å². The molecule has 0 saturated carbocycles. The molecule has 0 aliphatic carbocycles. The van der Waals surface area contributed by atoms with Gasteiger partial charge in [-0.2, -0.15) is 5.10 Å². The highest BCUT2D eigenvalue weighted by Gasteiger charge is 2.10. The molecule has 0 aliphatic heterocycles. The highest BCUT2D eigenvalue weighted by molar-refractivity contribution is 7.80. The van der Waals surface area contributed by atoms with Crippen molar-refractivity contribution in [1.82, 2.24) is 10.6 Å². The standard InChI is InChI=1S/C14H16N4O2S/c1-9-12(10(2)20-18-9)8-19-13-6-4-3-5-11(13)7-16-17-14(15)21/h3-7H,8H2,1-2H3,(H3,15,17,21). The molecule has 1 aromatic heterocycles. The van der Waals surface area contributed by atoms with Gasteiger partial charge in [-0.3, -0.25) is 5.43 Å². The molecule has 1 heterocycles. The summed E-state index contributed by atoms with van der Waals surface area (Å²) in [5.74, 6) is 1.46. The number of benzene rings is 1. The van der Waals surface area contributed by atoms with Crippen molar-refractivity contribution >= 4 is 23.5 Å². The molecule has 2 aromatic rings. The van der Waals surface area contributed by atoms with Crippen LogP contribution in [-0.2, 0) is 6.61 Å². The third kappa shape index (κ3) is 4.03. The van der Waals surface area contributed by atoms with Crippen molar-refractivity contribution < 1.29 is 9.26 Å². The fourth-order valence-corrected chi connectivity index (χ4v) is 1.79. The predicted octanol–water partition coefficient (Wildman–Crippen LogP) is 2.04. The van der Waals surface area contributed by atoms with Crippen molar-refractivity contribution in [3.63, 3.8) is 0 Å². The second-order valence-corrected chi connectivity index (χ2v) is 4.80. The number of rotatable bonds is 5. The zero-order chi connectivity index (χ0) is 15.2. The SMILES string of the molecule is Cc1noc(C)c1COc1ccccc1C=NNC(N)=S. The van der Waals surface area contributed by atoms with Crippen molar-refractivity contribution in [1.29, 1.82) is 0 Å². The summed E-state index contributed by atoms with van der Waals surface area (Å²) in [6.07, 6.45) is 1.60. The van der Waals surface area contributed by atoms with Crippen LogP contribution < -0.4 is 15.9 Å². The van der Waals surface area contributed by atoms with Gasteiger partial charge in [-0.1, -0.05) is 17.3 Å². The van der Waals surface area contributed by atoms with Crippen LogP contribution in [0.4, 0.5) is 0 Å². The van der Waals surface area contributed by atoms with Gasteiger partial charge in [0.1, 0.15) is 18.1 Å². The first-order valence-electron chi connectivity index (χ1n) is 6.30. The van der Waals surface area contributed by atoms with Crippen LogP contribution in [0, 0.1) is 13.8 Å². The maximum atomic E-state index is 5.82. The van der Waals surface area contributed by atoms with Crippen molar-refractivity contribution in [2.45, 2.75) is 20.5 Å². The first kappa shape index (κ1) is 15.0. The molecule has 0 spiro atoms. The summed E-state index contributed by atoms with van der Waals surface area (Å²) in [6.45, 7) is 4.13. The van der Waals surface area contributed by atoms with Crippen molar-refractivity contribution in [3.05, 3.63) is 46.8 Å². The summed E-state index contributed by atoms with van der Waals surface area (Å²) < 4.78 is 10.9. The third-order valence-electron chi connectivity index (χ3n) is 2.85. The van der Waals surface area contributed by atoms with Crippen molar-refractivity contribution in [2.75, 3.05) is 0 Å². The second-order valence-electron chi connectivity index (χ2n) is 4.36. The van der Waals surface area contributed by atoms with Gasteiger partial charge in [0.25, 0.3) is 0 Å². The van der Waals surface area contributed by atoms with Gasteiger partial charge in [-0.25, -0.2) is 0 Å². The number of aromatic nitrogens is 1. The summed E-state index contributed by atoms with van der Waals surface area (Å²) in [4.78, 5) is 0. The lowest BCUT2D eigenvalue weighted by Gasteiger charge is -2.08. The Morgan fingerprint density at radius 2 is 2.24 bits per heavy atom. The number of hydrogen-bond acceptors (Lipinski definition) is 5. The molecular weight excluding hydrogens is 288 g/mol. The molecule has 7 heteroatoms. The molecule has 0 radical (unpaired) electrons. The number of aryl methyl sites for hydroxylation is 2. The van der Waals surface area contributed by atoms with Crippen molar-refractivity contribution in [3.8, 4) is 5.75 Å². The van der Waals surface area contributed by atoms with Gasteiger partial charge in [-0.05, 0) is 38.2 Å². The van der Waals surface area contributed by atoms with E-state index >= 15 is 0 Å². The van der Waals surface area contributed by atoms with E-state index in [4.69, 9.17) is 15.0 Å². The van der Waals surface area contributed by atoms with E-state index in [1.807, 2.05) is 38.1 Å². The predicted molar refractivity (Wildman–Crippen MR) is 84.3 cm³/mol. The monoisotopic (exact) mass is 304 g/mol. The van der Waals surface area contributed by atoms with Crippen LogP contribution in [0.2, 0.25) is 0 Å². The lowest BCUT2D eigenvalue weighted by Crippen LogP contribution is -2.24. The number of thiocarbonyl (C=S) groups is 1. The molecule has 0 atom stereocenters. The Kier molecular flexibility index (Phi) is 4.89. The molecule has 0 unspecified atom stereocenters. The van der Waals surface area contributed by atoms with Crippen LogP contribution in [0.5, 0.6) is 5.75 Å². The maximum Gasteiger partial charge on any atom is 0.184 e. The van der Waals surface area contributed by atoms with E-state index in [1.165, 1.54) is 0 Å². The number of para-hydroxylation sites is 1. The molecule has 0 saturated heterocycles. The van der Waals surface area contributed by atoms with Gasteiger partial charge in [0, 0.05) is 5.56 Å². The zero-order valence-corrected chi connectivity index (χ0v) is 12.6. The average molecular weight is 304 g/mol. The molecule has 110 valence electrons.